The molecule has 1 aliphatic rings. The topological polar surface area (TPSA) is 98.6 Å². The second-order valence-electron chi connectivity index (χ2n) is 9.72. The average molecular weight is 502 g/mol. The number of aromatic nitrogens is 3. The van der Waals surface area contributed by atoms with Crippen molar-refractivity contribution in [2.45, 2.75) is 51.4 Å². The second-order valence-corrected chi connectivity index (χ2v) is 9.72. The highest BCUT2D eigenvalue weighted by atomic mass is 19.3. The van der Waals surface area contributed by atoms with E-state index < -0.39 is 36.0 Å². The van der Waals surface area contributed by atoms with E-state index >= 15 is 0 Å². The summed E-state index contributed by atoms with van der Waals surface area (Å²) in [4.78, 5) is 31.0. The zero-order chi connectivity index (χ0) is 26.1. The highest BCUT2D eigenvalue weighted by molar-refractivity contribution is 6.05. The maximum atomic E-state index is 14.7. The number of amides is 2. The van der Waals surface area contributed by atoms with Gasteiger partial charge in [-0.1, -0.05) is 6.07 Å². The van der Waals surface area contributed by atoms with E-state index in [0.717, 1.165) is 5.69 Å². The van der Waals surface area contributed by atoms with E-state index in [2.05, 4.69) is 15.4 Å². The van der Waals surface area contributed by atoms with E-state index in [9.17, 15) is 18.4 Å². The third kappa shape index (κ3) is 5.72. The van der Waals surface area contributed by atoms with Crippen molar-refractivity contribution in [1.82, 2.24) is 25.0 Å². The van der Waals surface area contributed by atoms with Crippen molar-refractivity contribution < 1.29 is 27.8 Å². The molecule has 2 aromatic heterocycles. The number of hydrogen-bond donors (Lipinski definition) is 1. The number of nitrogens with zero attached hydrogens (tertiary/aromatic N) is 4. The molecule has 1 unspecified atom stereocenters. The first-order valence-corrected chi connectivity index (χ1v) is 11.6. The minimum atomic E-state index is -3.19. The van der Waals surface area contributed by atoms with E-state index in [0.29, 0.717) is 16.7 Å². The van der Waals surface area contributed by atoms with Gasteiger partial charge in [0.15, 0.2) is 0 Å². The zero-order valence-electron chi connectivity index (χ0n) is 20.6. The molecule has 3 aromatic rings. The summed E-state index contributed by atoms with van der Waals surface area (Å²) in [7, 11) is 1.56. The van der Waals surface area contributed by atoms with Crippen molar-refractivity contribution in [1.29, 1.82) is 0 Å². The lowest BCUT2D eigenvalue weighted by Crippen LogP contribution is -2.60. The third-order valence-corrected chi connectivity index (χ3v) is 5.72. The van der Waals surface area contributed by atoms with Crippen molar-refractivity contribution in [2.24, 2.45) is 7.05 Å². The number of alkyl halides is 2. The first-order valence-electron chi connectivity index (χ1n) is 11.6. The normalized spacial score (nSPS) is 17.6. The van der Waals surface area contributed by atoms with Crippen LogP contribution >= 0.6 is 0 Å². The molecular formula is C25H29F2N5O4. The number of ether oxygens (including phenoxy) is 2. The lowest BCUT2D eigenvalue weighted by atomic mass is 10.0. The molecule has 9 nitrogen and oxygen atoms in total. The van der Waals surface area contributed by atoms with E-state index in [1.165, 1.54) is 9.58 Å². The molecule has 0 spiro atoms. The van der Waals surface area contributed by atoms with Crippen molar-refractivity contribution in [3.8, 4) is 5.75 Å². The summed E-state index contributed by atoms with van der Waals surface area (Å²) >= 11 is 0. The summed E-state index contributed by atoms with van der Waals surface area (Å²) in [6, 6.07) is 8.95. The Morgan fingerprint density at radius 1 is 1.22 bits per heavy atom. The molecule has 1 fully saturated rings. The highest BCUT2D eigenvalue weighted by Crippen LogP contribution is 2.30. The number of nitrogens with one attached hydrogen (secondary N) is 1. The zero-order valence-corrected chi connectivity index (χ0v) is 20.6. The van der Waals surface area contributed by atoms with Crippen LogP contribution in [0, 0.1) is 0 Å². The molecule has 1 aliphatic heterocycles. The van der Waals surface area contributed by atoms with Crippen LogP contribution < -0.4 is 10.1 Å². The van der Waals surface area contributed by atoms with Gasteiger partial charge in [0.05, 0.1) is 17.8 Å². The van der Waals surface area contributed by atoms with Crippen LogP contribution in [0.2, 0.25) is 0 Å². The van der Waals surface area contributed by atoms with Gasteiger partial charge < -0.3 is 19.7 Å². The van der Waals surface area contributed by atoms with Gasteiger partial charge in [0.1, 0.15) is 29.7 Å². The Morgan fingerprint density at radius 3 is 2.69 bits per heavy atom. The molecular weight excluding hydrogens is 472 g/mol. The number of likely N-dealkylation sites (tertiary alicyclic amines) is 1. The molecule has 1 aromatic carbocycles. The van der Waals surface area contributed by atoms with Crippen LogP contribution in [0.4, 0.5) is 13.6 Å². The van der Waals surface area contributed by atoms with Gasteiger partial charge in [-0.05, 0) is 51.1 Å². The van der Waals surface area contributed by atoms with Crippen LogP contribution in [0.25, 0.3) is 10.9 Å². The fourth-order valence-corrected chi connectivity index (χ4v) is 3.95. The fraction of sp³-hybridized carbons (Fsp3) is 0.440. The van der Waals surface area contributed by atoms with Crippen molar-refractivity contribution in [3.63, 3.8) is 0 Å². The number of carbonyl (C=O) groups excluding carboxylic acids is 2. The Hall–Kier alpha value is -3.76. The minimum Gasteiger partial charge on any atom is -0.487 e. The van der Waals surface area contributed by atoms with Crippen molar-refractivity contribution in [2.75, 3.05) is 13.1 Å². The maximum Gasteiger partial charge on any atom is 0.410 e. The molecule has 192 valence electrons. The van der Waals surface area contributed by atoms with Gasteiger partial charge in [0.25, 0.3) is 11.8 Å². The summed E-state index contributed by atoms with van der Waals surface area (Å²) in [5.74, 6) is -3.44. The Morgan fingerprint density at radius 2 is 2.00 bits per heavy atom. The van der Waals surface area contributed by atoms with Crippen LogP contribution in [0.15, 0.2) is 42.6 Å². The first-order chi connectivity index (χ1) is 16.9. The number of benzene rings is 1. The van der Waals surface area contributed by atoms with Gasteiger partial charge in [-0.2, -0.15) is 5.10 Å². The summed E-state index contributed by atoms with van der Waals surface area (Å²) in [5.41, 5.74) is 0.590. The van der Waals surface area contributed by atoms with E-state index in [-0.39, 0.29) is 25.4 Å². The number of fused-ring (bicyclic) bond motifs is 1. The standard InChI is InChI=1S/C25H29F2N5O4/c1-24(2,3)36-23(34)32-12-10-25(26,27)20(14-32)29-22(33)21-18-13-17(8-9-19(18)30-31(21)4)35-15-16-7-5-6-11-28-16/h5-9,11,13,20H,10,12,14-15H2,1-4H3,(H,29,33). The van der Waals surface area contributed by atoms with Crippen LogP contribution in [0.3, 0.4) is 0 Å². The molecule has 2 amide bonds. The quantitative estimate of drug-likeness (QED) is 0.569. The van der Waals surface area contributed by atoms with Crippen molar-refractivity contribution >= 4 is 22.9 Å². The SMILES string of the molecule is Cn1nc2ccc(OCc3ccccn3)cc2c1C(=O)NC1CN(C(=O)OC(C)(C)C)CCC1(F)F. The lowest BCUT2D eigenvalue weighted by molar-refractivity contribution is -0.0821. The van der Waals surface area contributed by atoms with Gasteiger partial charge in [-0.15, -0.1) is 0 Å². The Labute approximate surface area is 207 Å². The van der Waals surface area contributed by atoms with Gasteiger partial charge in [-0.3, -0.25) is 14.5 Å². The average Bonchev–Trinajstić information content (AvgIpc) is 3.13. The van der Waals surface area contributed by atoms with Gasteiger partial charge in [0, 0.05) is 31.6 Å². The number of hydrogen-bond acceptors (Lipinski definition) is 6. The number of piperidine rings is 1. The van der Waals surface area contributed by atoms with Gasteiger partial charge >= 0.3 is 6.09 Å². The predicted molar refractivity (Wildman–Crippen MR) is 128 cm³/mol. The number of aryl methyl sites for hydroxylation is 1. The summed E-state index contributed by atoms with van der Waals surface area (Å²) in [5, 5.41) is 7.20. The summed E-state index contributed by atoms with van der Waals surface area (Å²) in [6.07, 6.45) is 0.378. The molecule has 4 rings (SSSR count). The summed E-state index contributed by atoms with van der Waals surface area (Å²) in [6.45, 7) is 4.78. The maximum absolute atomic E-state index is 14.7. The predicted octanol–water partition coefficient (Wildman–Crippen LogP) is 3.92. The molecule has 1 saturated heterocycles. The first kappa shape index (κ1) is 25.3. The molecule has 1 N–H and O–H groups in total. The van der Waals surface area contributed by atoms with Crippen LogP contribution in [-0.2, 0) is 18.4 Å². The second kappa shape index (κ2) is 9.71. The molecule has 0 radical (unpaired) electrons. The number of rotatable bonds is 5. The number of carbonyl (C=O) groups is 2. The third-order valence-electron chi connectivity index (χ3n) is 5.72. The smallest absolute Gasteiger partial charge is 0.410 e. The molecule has 0 aliphatic carbocycles. The molecule has 3 heterocycles. The van der Waals surface area contributed by atoms with Gasteiger partial charge in [0.2, 0.25) is 0 Å². The monoisotopic (exact) mass is 501 g/mol. The molecule has 1 atom stereocenters. The molecule has 0 bridgehead atoms. The molecule has 11 heteroatoms. The Balaban J connectivity index is 1.52. The van der Waals surface area contributed by atoms with Crippen LogP contribution in [-0.4, -0.2) is 62.3 Å². The van der Waals surface area contributed by atoms with Crippen molar-refractivity contribution in [3.05, 3.63) is 54.0 Å². The van der Waals surface area contributed by atoms with Gasteiger partial charge in [-0.25, -0.2) is 13.6 Å². The summed E-state index contributed by atoms with van der Waals surface area (Å²) < 4.78 is 41.9. The Kier molecular flexibility index (Phi) is 6.83. The largest absolute Gasteiger partial charge is 0.487 e. The Bertz CT molecular complexity index is 1260. The van der Waals surface area contributed by atoms with Crippen LogP contribution in [0.5, 0.6) is 5.75 Å². The van der Waals surface area contributed by atoms with E-state index in [1.54, 1.807) is 58.3 Å². The highest BCUT2D eigenvalue weighted by Gasteiger charge is 2.47. The molecule has 36 heavy (non-hydrogen) atoms. The number of pyridine rings is 1. The van der Waals surface area contributed by atoms with Crippen LogP contribution in [0.1, 0.15) is 43.4 Å². The lowest BCUT2D eigenvalue weighted by Gasteiger charge is -2.39. The van der Waals surface area contributed by atoms with E-state index in [4.69, 9.17) is 9.47 Å². The minimum absolute atomic E-state index is 0.110. The molecule has 0 saturated carbocycles. The van der Waals surface area contributed by atoms with E-state index in [1.807, 2.05) is 12.1 Å². The number of halogens is 2. The fourth-order valence-electron chi connectivity index (χ4n) is 3.95.